The predicted octanol–water partition coefficient (Wildman–Crippen LogP) is 0.227. The average Bonchev–Trinajstić information content (AvgIpc) is 1.41. The SMILES string of the molecule is C=C=C=[N+]=[N-]. The minimum atomic E-state index is 1.93. The molecule has 0 aliphatic rings. The highest BCUT2D eigenvalue weighted by atomic mass is 14.8. The summed E-state index contributed by atoms with van der Waals surface area (Å²) in [6.45, 7) is 3.06. The zero-order chi connectivity index (χ0) is 4.12. The van der Waals surface area contributed by atoms with Crippen molar-refractivity contribution < 1.29 is 4.79 Å². The molecular formula is C3H2N2. The minimum Gasteiger partial charge on any atom is -0.348 e. The molecule has 0 aromatic rings. The summed E-state index contributed by atoms with van der Waals surface area (Å²) in [6, 6.07) is 0. The van der Waals surface area contributed by atoms with E-state index in [1.807, 2.05) is 5.87 Å². The molecule has 0 fully saturated rings. The second-order valence-electron chi connectivity index (χ2n) is 0.389. The summed E-state index contributed by atoms with van der Waals surface area (Å²) < 4.78 is 0. The molecule has 0 unspecified atom stereocenters. The molecule has 0 aliphatic carbocycles. The van der Waals surface area contributed by atoms with Gasteiger partial charge in [-0.2, -0.15) is 0 Å². The summed E-state index contributed by atoms with van der Waals surface area (Å²) in [5, 5.41) is 0. The summed E-state index contributed by atoms with van der Waals surface area (Å²) in [5.41, 5.74) is 9.58. The molecule has 0 heterocycles. The monoisotopic (exact) mass is 66.0 g/mol. The molecule has 5 heavy (non-hydrogen) atoms. The minimum absolute atomic E-state index is 1.93. The molecule has 0 aromatic carbocycles. The van der Waals surface area contributed by atoms with Gasteiger partial charge in [0, 0.05) is 5.73 Å². The van der Waals surface area contributed by atoms with Gasteiger partial charge in [-0.15, -0.1) is 4.79 Å². The van der Waals surface area contributed by atoms with Crippen LogP contribution in [0.3, 0.4) is 0 Å². The van der Waals surface area contributed by atoms with Gasteiger partial charge in [0.2, 0.25) is 0 Å². The first-order valence-electron chi connectivity index (χ1n) is 1.03. The third-order valence-corrected chi connectivity index (χ3v) is 0.129. The van der Waals surface area contributed by atoms with Crippen LogP contribution in [0.25, 0.3) is 5.53 Å². The number of hydrogen-bond donors (Lipinski definition) is 0. The second kappa shape index (κ2) is 2.94. The molecule has 0 N–H and O–H groups in total. The highest BCUT2D eigenvalue weighted by molar-refractivity contribution is 5.41. The molecular weight excluding hydrogens is 64.0 g/mol. The number of rotatable bonds is 0. The topological polar surface area (TPSA) is 36.4 Å². The first-order valence-corrected chi connectivity index (χ1v) is 1.03. The summed E-state index contributed by atoms with van der Waals surface area (Å²) in [7, 11) is 0. The van der Waals surface area contributed by atoms with E-state index in [9.17, 15) is 0 Å². The van der Waals surface area contributed by atoms with Crippen molar-refractivity contribution in [1.82, 2.24) is 0 Å². The van der Waals surface area contributed by atoms with Crippen LogP contribution in [0.4, 0.5) is 0 Å². The third-order valence-electron chi connectivity index (χ3n) is 0.129. The summed E-state index contributed by atoms with van der Waals surface area (Å²) in [4.78, 5) is 2.43. The average molecular weight is 66.1 g/mol. The van der Waals surface area contributed by atoms with Gasteiger partial charge in [-0.25, -0.2) is 0 Å². The summed E-state index contributed by atoms with van der Waals surface area (Å²) in [5.74, 6) is 1.93. The molecule has 0 spiro atoms. The van der Waals surface area contributed by atoms with Crippen molar-refractivity contribution in [2.45, 2.75) is 0 Å². The van der Waals surface area contributed by atoms with E-state index in [2.05, 4.69) is 17.1 Å². The van der Waals surface area contributed by atoms with E-state index < -0.39 is 0 Å². The Morgan fingerprint density at radius 3 is 2.40 bits per heavy atom. The molecule has 0 rings (SSSR count). The molecule has 2 heteroatoms. The molecule has 0 saturated heterocycles. The van der Waals surface area contributed by atoms with Crippen LogP contribution >= 0.6 is 0 Å². The lowest BCUT2D eigenvalue weighted by Gasteiger charge is -1.21. The maximum atomic E-state index is 7.48. The van der Waals surface area contributed by atoms with Gasteiger partial charge in [0.25, 0.3) is 0 Å². The van der Waals surface area contributed by atoms with E-state index in [4.69, 9.17) is 5.53 Å². The molecule has 0 bridgehead atoms. The number of nitrogens with zero attached hydrogens (tertiary/aromatic N) is 2. The fourth-order valence-corrected chi connectivity index (χ4v) is 0.0354. The maximum absolute atomic E-state index is 7.48. The van der Waals surface area contributed by atoms with Crippen LogP contribution in [0, 0.1) is 0 Å². The van der Waals surface area contributed by atoms with Gasteiger partial charge in [0.05, 0.1) is 0 Å². The van der Waals surface area contributed by atoms with Gasteiger partial charge < -0.3 is 5.53 Å². The van der Waals surface area contributed by atoms with Crippen LogP contribution in [0.1, 0.15) is 0 Å². The van der Waals surface area contributed by atoms with Gasteiger partial charge in [0.1, 0.15) is 0 Å². The van der Waals surface area contributed by atoms with E-state index >= 15 is 0 Å². The van der Waals surface area contributed by atoms with Gasteiger partial charge in [-0.3, -0.25) is 0 Å². The smallest absolute Gasteiger partial charge is 0.348 e. The lowest BCUT2D eigenvalue weighted by molar-refractivity contribution is 0.00819. The lowest BCUT2D eigenvalue weighted by atomic mass is 11.0. The van der Waals surface area contributed by atoms with Gasteiger partial charge in [-0.1, -0.05) is 0 Å². The normalized spacial score (nSPS) is 3.20. The molecule has 0 aliphatic heterocycles. The third kappa shape index (κ3) is 2.94. The Labute approximate surface area is 29.7 Å². The Kier molecular flexibility index (Phi) is 2.32. The van der Waals surface area contributed by atoms with Gasteiger partial charge in [0.15, 0.2) is 0 Å². The Morgan fingerprint density at radius 1 is 1.80 bits per heavy atom. The maximum Gasteiger partial charge on any atom is 0.352 e. The van der Waals surface area contributed by atoms with Crippen LogP contribution in [-0.2, 0) is 0 Å². The Bertz CT molecular complexity index is 96.9. The van der Waals surface area contributed by atoms with Crippen molar-refractivity contribution in [3.8, 4) is 0 Å². The summed E-state index contributed by atoms with van der Waals surface area (Å²) >= 11 is 0. The zero-order valence-corrected chi connectivity index (χ0v) is 2.60. The van der Waals surface area contributed by atoms with Crippen molar-refractivity contribution in [3.63, 3.8) is 0 Å². The highest BCUT2D eigenvalue weighted by Crippen LogP contribution is 1.18. The molecule has 0 amide bonds. The summed E-state index contributed by atoms with van der Waals surface area (Å²) in [6.07, 6.45) is 0. The predicted molar refractivity (Wildman–Crippen MR) is 17.8 cm³/mol. The molecule has 2 nitrogen and oxygen atoms in total. The van der Waals surface area contributed by atoms with E-state index in [0.717, 1.165) is 0 Å². The van der Waals surface area contributed by atoms with Gasteiger partial charge >= 0.3 is 5.87 Å². The van der Waals surface area contributed by atoms with Gasteiger partial charge in [-0.05, 0) is 6.58 Å². The Balaban J connectivity index is 4.38. The van der Waals surface area contributed by atoms with Crippen LogP contribution in [0.2, 0.25) is 0 Å². The highest BCUT2D eigenvalue weighted by Gasteiger charge is 1.33. The quantitative estimate of drug-likeness (QED) is 0.168. The first-order chi connectivity index (χ1) is 2.41. The molecule has 0 aromatic heterocycles. The standard InChI is InChI=1S/C3H2N2/c1-2-3-5-4/h1H2. The Hall–Kier alpha value is -1.06. The van der Waals surface area contributed by atoms with Crippen molar-refractivity contribution >= 4 is 5.87 Å². The fourth-order valence-electron chi connectivity index (χ4n) is 0.0354. The zero-order valence-electron chi connectivity index (χ0n) is 2.60. The fraction of sp³-hybridized carbons (Fsp3) is 0. The molecule has 0 saturated carbocycles. The van der Waals surface area contributed by atoms with Crippen molar-refractivity contribution in [3.05, 3.63) is 17.8 Å². The molecule has 0 atom stereocenters. The van der Waals surface area contributed by atoms with Crippen molar-refractivity contribution in [2.75, 3.05) is 0 Å². The van der Waals surface area contributed by atoms with Crippen LogP contribution in [0.5, 0.6) is 0 Å². The second-order valence-corrected chi connectivity index (χ2v) is 0.389. The van der Waals surface area contributed by atoms with E-state index in [-0.39, 0.29) is 0 Å². The Morgan fingerprint density at radius 2 is 2.40 bits per heavy atom. The van der Waals surface area contributed by atoms with E-state index in [1.54, 1.807) is 0 Å². The van der Waals surface area contributed by atoms with Crippen molar-refractivity contribution in [2.24, 2.45) is 0 Å². The van der Waals surface area contributed by atoms with Crippen molar-refractivity contribution in [1.29, 1.82) is 0 Å². The van der Waals surface area contributed by atoms with Crippen LogP contribution < -0.4 is 0 Å². The largest absolute Gasteiger partial charge is 0.352 e. The molecule has 0 radical (unpaired) electrons. The lowest BCUT2D eigenvalue weighted by Crippen LogP contribution is -1.37. The van der Waals surface area contributed by atoms with Crippen LogP contribution in [-0.4, -0.2) is 10.7 Å². The van der Waals surface area contributed by atoms with E-state index in [1.165, 1.54) is 0 Å². The number of hydrogen-bond acceptors (Lipinski definition) is 0. The molecule has 24 valence electrons. The van der Waals surface area contributed by atoms with Crippen LogP contribution in [0.15, 0.2) is 12.3 Å². The first kappa shape index (κ1) is 3.94. The van der Waals surface area contributed by atoms with E-state index in [0.29, 0.717) is 0 Å².